The summed E-state index contributed by atoms with van der Waals surface area (Å²) in [6.45, 7) is 5.54. The monoisotopic (exact) mass is 331 g/mol. The highest BCUT2D eigenvalue weighted by atomic mass is 35.5. The van der Waals surface area contributed by atoms with Crippen molar-refractivity contribution in [1.82, 2.24) is 0 Å². The second-order valence-electron chi connectivity index (χ2n) is 5.06. The molecule has 114 valence electrons. The first kappa shape index (κ1) is 16.7. The van der Waals surface area contributed by atoms with Gasteiger partial charge in [-0.25, -0.2) is 0 Å². The Morgan fingerprint density at radius 1 is 1.00 bits per heavy atom. The van der Waals surface area contributed by atoms with E-state index >= 15 is 0 Å². The molecule has 0 aliphatic carbocycles. The number of rotatable bonds is 5. The van der Waals surface area contributed by atoms with Crippen LogP contribution in [0.4, 0.5) is 5.69 Å². The van der Waals surface area contributed by atoms with E-state index in [0.29, 0.717) is 9.93 Å². The van der Waals surface area contributed by atoms with Gasteiger partial charge in [0, 0.05) is 21.3 Å². The van der Waals surface area contributed by atoms with Crippen LogP contribution >= 0.6 is 23.4 Å². The fourth-order valence-corrected chi connectivity index (χ4v) is 2.92. The van der Waals surface area contributed by atoms with E-state index in [4.69, 9.17) is 11.6 Å². The number of aryl methyl sites for hydroxylation is 1. The lowest BCUT2D eigenvalue weighted by Gasteiger charge is -2.12. The highest BCUT2D eigenvalue weighted by molar-refractivity contribution is 8.04. The van der Waals surface area contributed by atoms with Gasteiger partial charge in [-0.1, -0.05) is 41.1 Å². The number of ketones is 1. The van der Waals surface area contributed by atoms with E-state index in [1.54, 1.807) is 6.92 Å². The molecule has 0 heterocycles. The summed E-state index contributed by atoms with van der Waals surface area (Å²) in [5.74, 6) is 0.0459. The van der Waals surface area contributed by atoms with Crippen LogP contribution in [0.15, 0.2) is 64.0 Å². The topological polar surface area (TPSA) is 29.1 Å². The van der Waals surface area contributed by atoms with Gasteiger partial charge < -0.3 is 5.32 Å². The number of nitrogens with one attached hydrogen (secondary N) is 1. The van der Waals surface area contributed by atoms with Crippen molar-refractivity contribution in [2.75, 3.05) is 5.32 Å². The molecule has 2 nitrogen and oxygen atoms in total. The Bertz CT molecular complexity index is 690. The van der Waals surface area contributed by atoms with Gasteiger partial charge in [-0.15, -0.1) is 0 Å². The van der Waals surface area contributed by atoms with Gasteiger partial charge in [0.05, 0.1) is 4.91 Å². The number of carbonyl (C=O) groups excluding carboxylic acids is 1. The lowest BCUT2D eigenvalue weighted by Crippen LogP contribution is -2.04. The summed E-state index contributed by atoms with van der Waals surface area (Å²) < 4.78 is 0. The molecule has 0 atom stereocenters. The Morgan fingerprint density at radius 2 is 1.59 bits per heavy atom. The average Bonchev–Trinajstić information content (AvgIpc) is 2.48. The van der Waals surface area contributed by atoms with Gasteiger partial charge in [0.1, 0.15) is 0 Å². The summed E-state index contributed by atoms with van der Waals surface area (Å²) in [5, 5.41) is 3.95. The van der Waals surface area contributed by atoms with Crippen molar-refractivity contribution in [2.45, 2.75) is 25.7 Å². The zero-order valence-electron chi connectivity index (χ0n) is 12.8. The summed E-state index contributed by atoms with van der Waals surface area (Å²) in [7, 11) is 0. The second kappa shape index (κ2) is 7.52. The summed E-state index contributed by atoms with van der Waals surface area (Å²) in [4.78, 5) is 13.7. The molecule has 2 aromatic carbocycles. The van der Waals surface area contributed by atoms with E-state index in [0.717, 1.165) is 16.3 Å². The van der Waals surface area contributed by atoms with E-state index in [-0.39, 0.29) is 5.78 Å². The molecule has 2 aromatic rings. The molecule has 0 aliphatic heterocycles. The van der Waals surface area contributed by atoms with Crippen LogP contribution in [0.3, 0.4) is 0 Å². The first-order valence-corrected chi connectivity index (χ1v) is 8.14. The standard InChI is InChI=1S/C18H18ClNOS/c1-12-4-10-17(11-5-12)22-18(14(3)21)13(2)20-16-8-6-15(19)7-9-16/h4-11,20H,1-3H3/b18-13+. The van der Waals surface area contributed by atoms with Crippen molar-refractivity contribution in [3.8, 4) is 0 Å². The molecule has 2 rings (SSSR count). The van der Waals surface area contributed by atoms with Gasteiger partial charge in [0.2, 0.25) is 0 Å². The zero-order chi connectivity index (χ0) is 16.1. The molecule has 4 heteroatoms. The summed E-state index contributed by atoms with van der Waals surface area (Å²) >= 11 is 7.36. The lowest BCUT2D eigenvalue weighted by atomic mass is 10.2. The Balaban J connectivity index is 2.22. The quantitative estimate of drug-likeness (QED) is 0.565. The van der Waals surface area contributed by atoms with Crippen molar-refractivity contribution < 1.29 is 4.79 Å². The third kappa shape index (κ3) is 4.65. The van der Waals surface area contributed by atoms with Gasteiger partial charge in [0.15, 0.2) is 5.78 Å². The summed E-state index contributed by atoms with van der Waals surface area (Å²) in [6.07, 6.45) is 0. The molecule has 0 saturated heterocycles. The molecule has 0 radical (unpaired) electrons. The first-order valence-electron chi connectivity index (χ1n) is 6.94. The highest BCUT2D eigenvalue weighted by Crippen LogP contribution is 2.30. The van der Waals surface area contributed by atoms with Crippen LogP contribution in [-0.4, -0.2) is 5.78 Å². The van der Waals surface area contributed by atoms with Crippen molar-refractivity contribution >= 4 is 34.8 Å². The van der Waals surface area contributed by atoms with Crippen molar-refractivity contribution in [2.24, 2.45) is 0 Å². The number of hydrogen-bond acceptors (Lipinski definition) is 3. The fourth-order valence-electron chi connectivity index (χ4n) is 1.94. The van der Waals surface area contributed by atoms with Crippen molar-refractivity contribution in [3.05, 3.63) is 69.7 Å². The predicted molar refractivity (Wildman–Crippen MR) is 95.5 cm³/mol. The molecule has 0 saturated carbocycles. The van der Waals surface area contributed by atoms with Crippen molar-refractivity contribution in [3.63, 3.8) is 0 Å². The molecule has 0 amide bonds. The SMILES string of the molecule is CC(=O)/C(Sc1ccc(C)cc1)=C(/C)Nc1ccc(Cl)cc1. The Kier molecular flexibility index (Phi) is 5.69. The van der Waals surface area contributed by atoms with Gasteiger partial charge in [-0.3, -0.25) is 4.79 Å². The van der Waals surface area contributed by atoms with E-state index < -0.39 is 0 Å². The summed E-state index contributed by atoms with van der Waals surface area (Å²) in [6, 6.07) is 15.6. The minimum absolute atomic E-state index is 0.0459. The second-order valence-corrected chi connectivity index (χ2v) is 6.58. The number of halogens is 1. The molecular formula is C18H18ClNOS. The van der Waals surface area contributed by atoms with Crippen LogP contribution in [0.5, 0.6) is 0 Å². The third-order valence-corrected chi connectivity index (χ3v) is 4.63. The lowest BCUT2D eigenvalue weighted by molar-refractivity contribution is -0.113. The van der Waals surface area contributed by atoms with E-state index in [1.807, 2.05) is 62.4 Å². The Labute approximate surface area is 140 Å². The van der Waals surface area contributed by atoms with E-state index in [1.165, 1.54) is 17.3 Å². The predicted octanol–water partition coefficient (Wildman–Crippen LogP) is 5.67. The van der Waals surface area contributed by atoms with Crippen LogP contribution < -0.4 is 5.32 Å². The number of anilines is 1. The maximum absolute atomic E-state index is 12.0. The molecule has 0 aliphatic rings. The summed E-state index contributed by atoms with van der Waals surface area (Å²) in [5.41, 5.74) is 2.94. The zero-order valence-corrected chi connectivity index (χ0v) is 14.4. The molecule has 1 N–H and O–H groups in total. The van der Waals surface area contributed by atoms with Crippen LogP contribution in [-0.2, 0) is 4.79 Å². The van der Waals surface area contributed by atoms with E-state index in [2.05, 4.69) is 5.32 Å². The van der Waals surface area contributed by atoms with Crippen LogP contribution in [0, 0.1) is 6.92 Å². The maximum atomic E-state index is 12.0. The highest BCUT2D eigenvalue weighted by Gasteiger charge is 2.11. The average molecular weight is 332 g/mol. The normalized spacial score (nSPS) is 11.8. The Morgan fingerprint density at radius 3 is 2.14 bits per heavy atom. The number of thioether (sulfide) groups is 1. The van der Waals surface area contributed by atoms with E-state index in [9.17, 15) is 4.79 Å². The molecule has 0 fully saturated rings. The minimum Gasteiger partial charge on any atom is -0.358 e. The number of benzene rings is 2. The third-order valence-electron chi connectivity index (χ3n) is 3.08. The number of hydrogen-bond donors (Lipinski definition) is 1. The largest absolute Gasteiger partial charge is 0.358 e. The molecule has 0 aromatic heterocycles. The van der Waals surface area contributed by atoms with Crippen LogP contribution in [0.2, 0.25) is 5.02 Å². The molecule has 0 spiro atoms. The maximum Gasteiger partial charge on any atom is 0.168 e. The van der Waals surface area contributed by atoms with Crippen molar-refractivity contribution in [1.29, 1.82) is 0 Å². The number of allylic oxidation sites excluding steroid dienone is 2. The molecular weight excluding hydrogens is 314 g/mol. The minimum atomic E-state index is 0.0459. The fraction of sp³-hybridized carbons (Fsp3) is 0.167. The smallest absolute Gasteiger partial charge is 0.168 e. The molecule has 22 heavy (non-hydrogen) atoms. The first-order chi connectivity index (χ1) is 10.5. The van der Waals surface area contributed by atoms with Crippen LogP contribution in [0.1, 0.15) is 19.4 Å². The van der Waals surface area contributed by atoms with Gasteiger partial charge in [0.25, 0.3) is 0 Å². The Hall–Kier alpha value is -1.71. The molecule has 0 bridgehead atoms. The van der Waals surface area contributed by atoms with Gasteiger partial charge in [-0.05, 0) is 57.2 Å². The van der Waals surface area contributed by atoms with Gasteiger partial charge in [-0.2, -0.15) is 0 Å². The number of carbonyl (C=O) groups is 1. The van der Waals surface area contributed by atoms with Crippen LogP contribution in [0.25, 0.3) is 0 Å². The molecule has 0 unspecified atom stereocenters. The number of Topliss-reactive ketones (excluding diaryl/α,β-unsaturated/α-hetero) is 1. The van der Waals surface area contributed by atoms with Gasteiger partial charge >= 0.3 is 0 Å².